The molecule has 0 bridgehead atoms. The maximum absolute atomic E-state index is 12.8. The number of hydrogen-bond acceptors (Lipinski definition) is 5. The highest BCUT2D eigenvalue weighted by Gasteiger charge is 2.38. The first kappa shape index (κ1) is 22.9. The average molecular weight is 458 g/mol. The van der Waals surface area contributed by atoms with E-state index in [1.165, 1.54) is 11.8 Å². The Hall–Kier alpha value is -2.77. The fourth-order valence-electron chi connectivity index (χ4n) is 2.88. The van der Waals surface area contributed by atoms with Gasteiger partial charge in [-0.25, -0.2) is 4.99 Å². The van der Waals surface area contributed by atoms with Gasteiger partial charge in [0, 0.05) is 23.7 Å². The molecule has 31 heavy (non-hydrogen) atoms. The highest BCUT2D eigenvalue weighted by atomic mass is 35.5. The Morgan fingerprint density at radius 2 is 1.97 bits per heavy atom. The van der Waals surface area contributed by atoms with E-state index in [1.54, 1.807) is 47.4 Å². The van der Waals surface area contributed by atoms with Crippen LogP contribution in [0.2, 0.25) is 5.02 Å². The maximum atomic E-state index is 12.8. The molecule has 1 heterocycles. The maximum Gasteiger partial charge on any atom is 0.242 e. The van der Waals surface area contributed by atoms with Gasteiger partial charge in [0.1, 0.15) is 11.0 Å². The highest BCUT2D eigenvalue weighted by molar-refractivity contribution is 8.15. The number of thioether (sulfide) groups is 1. The lowest BCUT2D eigenvalue weighted by Crippen LogP contribution is -2.33. The van der Waals surface area contributed by atoms with Crippen LogP contribution in [0, 0.1) is 0 Å². The van der Waals surface area contributed by atoms with Gasteiger partial charge in [-0.15, -0.1) is 6.58 Å². The normalized spacial score (nSPS) is 17.1. The predicted molar refractivity (Wildman–Crippen MR) is 127 cm³/mol. The summed E-state index contributed by atoms with van der Waals surface area (Å²) < 4.78 is 5.54. The number of nitrogens with zero attached hydrogens (tertiary/aromatic N) is 2. The molecule has 2 aromatic rings. The second-order valence-electron chi connectivity index (χ2n) is 6.84. The quantitative estimate of drug-likeness (QED) is 0.520. The van der Waals surface area contributed by atoms with E-state index in [1.807, 2.05) is 19.1 Å². The monoisotopic (exact) mass is 457 g/mol. The van der Waals surface area contributed by atoms with Crippen molar-refractivity contribution in [3.63, 3.8) is 0 Å². The fraction of sp³-hybridized carbons (Fsp3) is 0.261. The molecule has 0 radical (unpaired) electrons. The number of halogens is 1. The first-order chi connectivity index (χ1) is 15.0. The summed E-state index contributed by atoms with van der Waals surface area (Å²) >= 11 is 7.21. The zero-order valence-corrected chi connectivity index (χ0v) is 18.8. The number of nitrogens with one attached hydrogen (secondary N) is 1. The van der Waals surface area contributed by atoms with E-state index in [9.17, 15) is 9.59 Å². The molecule has 1 atom stereocenters. The van der Waals surface area contributed by atoms with Crippen molar-refractivity contribution in [2.45, 2.75) is 25.0 Å². The van der Waals surface area contributed by atoms with E-state index in [0.29, 0.717) is 34.7 Å². The van der Waals surface area contributed by atoms with Gasteiger partial charge in [0.25, 0.3) is 0 Å². The Kier molecular flexibility index (Phi) is 8.14. The number of carbonyl (C=O) groups excluding carboxylic acids is 2. The van der Waals surface area contributed by atoms with Gasteiger partial charge in [0.2, 0.25) is 11.8 Å². The molecule has 1 aliphatic rings. The molecule has 0 aromatic heterocycles. The minimum absolute atomic E-state index is 0.0465. The number of rotatable bonds is 9. The van der Waals surface area contributed by atoms with Crippen molar-refractivity contribution in [2.75, 3.05) is 18.5 Å². The minimum atomic E-state index is -0.543. The smallest absolute Gasteiger partial charge is 0.242 e. The molecule has 0 spiro atoms. The Morgan fingerprint density at radius 3 is 2.61 bits per heavy atom. The average Bonchev–Trinajstić information content (AvgIpc) is 3.04. The van der Waals surface area contributed by atoms with Crippen LogP contribution in [0.25, 0.3) is 0 Å². The number of anilines is 1. The zero-order valence-electron chi connectivity index (χ0n) is 17.2. The van der Waals surface area contributed by atoms with Gasteiger partial charge in [-0.05, 0) is 55.0 Å². The highest BCUT2D eigenvalue weighted by Crippen LogP contribution is 2.32. The third-order valence-corrected chi connectivity index (χ3v) is 5.79. The Balaban J connectivity index is 1.65. The summed E-state index contributed by atoms with van der Waals surface area (Å²) in [6, 6.07) is 14.2. The van der Waals surface area contributed by atoms with E-state index in [4.69, 9.17) is 16.3 Å². The molecule has 6 nitrogen and oxygen atoms in total. The number of ether oxygens (including phenoxy) is 1. The molecular weight excluding hydrogens is 434 g/mol. The van der Waals surface area contributed by atoms with Crippen LogP contribution in [-0.4, -0.2) is 40.3 Å². The van der Waals surface area contributed by atoms with Gasteiger partial charge in [-0.3, -0.25) is 14.5 Å². The van der Waals surface area contributed by atoms with E-state index in [-0.39, 0.29) is 18.2 Å². The summed E-state index contributed by atoms with van der Waals surface area (Å²) in [7, 11) is 0. The summed E-state index contributed by atoms with van der Waals surface area (Å²) in [4.78, 5) is 31.5. The van der Waals surface area contributed by atoms with Crippen molar-refractivity contribution < 1.29 is 14.3 Å². The summed E-state index contributed by atoms with van der Waals surface area (Å²) in [6.07, 6.45) is 2.61. The lowest BCUT2D eigenvalue weighted by atomic mass is 10.2. The topological polar surface area (TPSA) is 71.0 Å². The molecule has 3 rings (SSSR count). The number of amides is 2. The lowest BCUT2D eigenvalue weighted by Gasteiger charge is -2.14. The predicted octanol–water partition coefficient (Wildman–Crippen LogP) is 5.28. The van der Waals surface area contributed by atoms with Gasteiger partial charge < -0.3 is 10.1 Å². The van der Waals surface area contributed by atoms with Crippen LogP contribution in [0.4, 0.5) is 11.4 Å². The van der Waals surface area contributed by atoms with Crippen LogP contribution < -0.4 is 10.1 Å². The van der Waals surface area contributed by atoms with Gasteiger partial charge in [-0.1, -0.05) is 36.4 Å². The molecule has 0 unspecified atom stereocenters. The summed E-state index contributed by atoms with van der Waals surface area (Å²) in [5, 5.41) is 3.45. The number of benzene rings is 2. The van der Waals surface area contributed by atoms with Gasteiger partial charge in [0.05, 0.1) is 12.3 Å². The molecule has 162 valence electrons. The van der Waals surface area contributed by atoms with Crippen molar-refractivity contribution in [1.82, 2.24) is 4.90 Å². The molecule has 8 heteroatoms. The molecule has 0 aliphatic carbocycles. The Labute approximate surface area is 191 Å². The van der Waals surface area contributed by atoms with Crippen molar-refractivity contribution in [2.24, 2.45) is 4.99 Å². The summed E-state index contributed by atoms with van der Waals surface area (Å²) in [5.74, 6) is 0.361. The van der Waals surface area contributed by atoms with E-state index < -0.39 is 5.25 Å². The van der Waals surface area contributed by atoms with Crippen molar-refractivity contribution >= 4 is 51.7 Å². The molecular formula is C23H24ClN3O3S. The van der Waals surface area contributed by atoms with E-state index in [0.717, 1.165) is 12.2 Å². The number of aliphatic imine (C=N–C) groups is 1. The summed E-state index contributed by atoms with van der Waals surface area (Å²) in [6.45, 7) is 6.73. The van der Waals surface area contributed by atoms with Gasteiger partial charge >= 0.3 is 0 Å². The summed E-state index contributed by atoms with van der Waals surface area (Å²) in [5.41, 5.74) is 1.34. The number of carbonyl (C=O) groups is 2. The molecule has 1 fully saturated rings. The van der Waals surface area contributed by atoms with Crippen LogP contribution in [0.3, 0.4) is 0 Å². The largest absolute Gasteiger partial charge is 0.494 e. The van der Waals surface area contributed by atoms with Crippen LogP contribution in [-0.2, 0) is 9.59 Å². The number of amidine groups is 1. The lowest BCUT2D eigenvalue weighted by molar-refractivity contribution is -0.127. The molecule has 1 saturated heterocycles. The Morgan fingerprint density at radius 1 is 1.26 bits per heavy atom. The second kappa shape index (κ2) is 11.0. The third-order valence-electron chi connectivity index (χ3n) is 4.36. The van der Waals surface area contributed by atoms with Crippen LogP contribution in [0.5, 0.6) is 5.75 Å². The van der Waals surface area contributed by atoms with Crippen LogP contribution >= 0.6 is 23.4 Å². The van der Waals surface area contributed by atoms with Crippen LogP contribution in [0.1, 0.15) is 19.8 Å². The van der Waals surface area contributed by atoms with Crippen molar-refractivity contribution in [3.8, 4) is 5.75 Å². The molecule has 0 saturated carbocycles. The fourth-order valence-corrected chi connectivity index (χ4v) is 4.18. The zero-order chi connectivity index (χ0) is 22.2. The first-order valence-corrected chi connectivity index (χ1v) is 11.2. The SMILES string of the molecule is C=CCN1C(=O)[C@@H](CC(=O)Nc2ccc(OCCC)cc2)SC1=Nc1ccc(Cl)cc1. The van der Waals surface area contributed by atoms with E-state index >= 15 is 0 Å². The molecule has 1 aliphatic heterocycles. The van der Waals surface area contributed by atoms with Gasteiger partial charge in [0.15, 0.2) is 5.17 Å². The molecule has 2 amide bonds. The van der Waals surface area contributed by atoms with Crippen molar-refractivity contribution in [3.05, 3.63) is 66.2 Å². The third kappa shape index (κ3) is 6.35. The first-order valence-electron chi connectivity index (χ1n) is 9.96. The van der Waals surface area contributed by atoms with Gasteiger partial charge in [-0.2, -0.15) is 0 Å². The second-order valence-corrected chi connectivity index (χ2v) is 8.45. The van der Waals surface area contributed by atoms with Crippen molar-refractivity contribution in [1.29, 1.82) is 0 Å². The van der Waals surface area contributed by atoms with Crippen LogP contribution in [0.15, 0.2) is 66.2 Å². The standard InChI is InChI=1S/C23H24ClN3O3S/c1-3-13-27-22(29)20(31-23(27)26-18-7-5-16(24)6-8-18)15-21(28)25-17-9-11-19(12-10-17)30-14-4-2/h3,5-12,20H,1,4,13-15H2,2H3,(H,25,28)/t20-/m1/s1. The Bertz CT molecular complexity index is 961. The number of hydrogen-bond donors (Lipinski definition) is 1. The molecule has 2 aromatic carbocycles. The van der Waals surface area contributed by atoms with E-state index in [2.05, 4.69) is 16.9 Å². The minimum Gasteiger partial charge on any atom is -0.494 e. The molecule has 1 N–H and O–H groups in total.